The highest BCUT2D eigenvalue weighted by Crippen LogP contribution is 2.37. The van der Waals surface area contributed by atoms with E-state index in [1.165, 1.54) is 11.8 Å². The van der Waals surface area contributed by atoms with Crippen LogP contribution in [-0.4, -0.2) is 29.4 Å². The van der Waals surface area contributed by atoms with Gasteiger partial charge in [-0.25, -0.2) is 0 Å². The number of rotatable bonds is 5. The fourth-order valence-corrected chi connectivity index (χ4v) is 3.06. The lowest BCUT2D eigenvalue weighted by molar-refractivity contribution is -0.143. The zero-order valence-corrected chi connectivity index (χ0v) is 12.9. The first kappa shape index (κ1) is 16.4. The van der Waals surface area contributed by atoms with E-state index in [1.807, 2.05) is 19.9 Å². The Bertz CT molecular complexity index is 482. The minimum Gasteiger partial charge on any atom is -0.466 e. The molecule has 2 N–H and O–H groups in total. The van der Waals surface area contributed by atoms with Gasteiger partial charge < -0.3 is 15.4 Å². The number of amides is 1. The van der Waals surface area contributed by atoms with E-state index < -0.39 is 10.8 Å². The maximum Gasteiger partial charge on any atom is 0.309 e. The second-order valence-corrected chi connectivity index (χ2v) is 6.40. The lowest BCUT2D eigenvalue weighted by atomic mass is 10.2. The largest absolute Gasteiger partial charge is 0.466 e. The molecule has 7 heteroatoms. The van der Waals surface area contributed by atoms with E-state index in [1.54, 1.807) is 13.8 Å². The molecule has 1 unspecified atom stereocenters. The number of carbonyl (C=O) groups excluding carboxylic acids is 2. The molecule has 0 bridgehead atoms. The Labute approximate surface area is 122 Å². The molecule has 6 nitrogen and oxygen atoms in total. The predicted octanol–water partition coefficient (Wildman–Crippen LogP) is 1.25. The number of nitrogens with one attached hydrogen (secondary N) is 2. The molecule has 1 aliphatic rings. The number of thioether (sulfide) groups is 1. The Morgan fingerprint density at radius 1 is 1.60 bits per heavy atom. The zero-order chi connectivity index (χ0) is 15.3. The van der Waals surface area contributed by atoms with Gasteiger partial charge in [-0.15, -0.1) is 0 Å². The average molecular weight is 297 g/mol. The maximum atomic E-state index is 12.0. The van der Waals surface area contributed by atoms with Crippen LogP contribution in [0.5, 0.6) is 0 Å². The standard InChI is InChI=1S/C13H19N3O3S/c1-5-19-10(17)6-13(4)16-11(18)9(7-14)12(20-13)15-8(2)3/h8,15H,5-6H2,1-4H3,(H,16,18). The van der Waals surface area contributed by atoms with Gasteiger partial charge in [0.1, 0.15) is 11.6 Å². The fourth-order valence-electron chi connectivity index (χ4n) is 1.74. The summed E-state index contributed by atoms with van der Waals surface area (Å²) in [5.41, 5.74) is 0.0463. The molecule has 0 spiro atoms. The Balaban J connectivity index is 2.96. The van der Waals surface area contributed by atoms with Crippen molar-refractivity contribution in [2.24, 2.45) is 0 Å². The van der Waals surface area contributed by atoms with Crippen molar-refractivity contribution in [1.82, 2.24) is 10.6 Å². The van der Waals surface area contributed by atoms with Crippen LogP contribution in [0.25, 0.3) is 0 Å². The molecule has 20 heavy (non-hydrogen) atoms. The molecular weight excluding hydrogens is 278 g/mol. The number of carbonyl (C=O) groups is 2. The van der Waals surface area contributed by atoms with Crippen LogP contribution in [0.3, 0.4) is 0 Å². The Hall–Kier alpha value is -1.68. The van der Waals surface area contributed by atoms with E-state index in [-0.39, 0.29) is 24.0 Å². The predicted molar refractivity (Wildman–Crippen MR) is 76.3 cm³/mol. The van der Waals surface area contributed by atoms with Gasteiger partial charge in [0.15, 0.2) is 0 Å². The van der Waals surface area contributed by atoms with Gasteiger partial charge in [0.05, 0.1) is 22.9 Å². The second kappa shape index (κ2) is 6.66. The van der Waals surface area contributed by atoms with Crippen LogP contribution in [0.4, 0.5) is 0 Å². The van der Waals surface area contributed by atoms with E-state index in [9.17, 15) is 9.59 Å². The smallest absolute Gasteiger partial charge is 0.309 e. The molecule has 0 aromatic carbocycles. The van der Waals surface area contributed by atoms with Gasteiger partial charge in [-0.2, -0.15) is 5.26 Å². The van der Waals surface area contributed by atoms with Crippen molar-refractivity contribution in [2.45, 2.75) is 45.0 Å². The van der Waals surface area contributed by atoms with E-state index >= 15 is 0 Å². The highest BCUT2D eigenvalue weighted by molar-refractivity contribution is 8.04. The summed E-state index contributed by atoms with van der Waals surface area (Å²) in [5, 5.41) is 15.3. The van der Waals surface area contributed by atoms with Crippen LogP contribution in [0.2, 0.25) is 0 Å². The summed E-state index contributed by atoms with van der Waals surface area (Å²) in [5.74, 6) is -0.853. The van der Waals surface area contributed by atoms with E-state index in [0.717, 1.165) is 0 Å². The summed E-state index contributed by atoms with van der Waals surface area (Å²) in [6.07, 6.45) is 0.0409. The van der Waals surface area contributed by atoms with Gasteiger partial charge >= 0.3 is 5.97 Å². The van der Waals surface area contributed by atoms with Crippen LogP contribution >= 0.6 is 11.8 Å². The SMILES string of the molecule is CCOC(=O)CC1(C)NC(=O)C(C#N)=C(NC(C)C)S1. The molecule has 1 aliphatic heterocycles. The van der Waals surface area contributed by atoms with Gasteiger partial charge in [0, 0.05) is 6.04 Å². The van der Waals surface area contributed by atoms with Gasteiger partial charge in [0.25, 0.3) is 5.91 Å². The second-order valence-electron chi connectivity index (χ2n) is 4.88. The number of hydrogen-bond donors (Lipinski definition) is 2. The molecule has 1 atom stereocenters. The number of esters is 1. The molecule has 1 amide bonds. The highest BCUT2D eigenvalue weighted by Gasteiger charge is 2.39. The maximum absolute atomic E-state index is 12.0. The van der Waals surface area contributed by atoms with Crippen molar-refractivity contribution in [3.8, 4) is 6.07 Å². The molecule has 1 rings (SSSR count). The topological polar surface area (TPSA) is 91.2 Å². The van der Waals surface area contributed by atoms with Crippen LogP contribution < -0.4 is 10.6 Å². The lowest BCUT2D eigenvalue weighted by Crippen LogP contribution is -2.50. The average Bonchev–Trinajstić information content (AvgIpc) is 2.26. The third-order valence-electron chi connectivity index (χ3n) is 2.48. The van der Waals surface area contributed by atoms with Crippen molar-refractivity contribution in [2.75, 3.05) is 6.61 Å². The van der Waals surface area contributed by atoms with Crippen molar-refractivity contribution in [1.29, 1.82) is 5.26 Å². The Kier molecular flexibility index (Phi) is 5.45. The number of ether oxygens (including phenoxy) is 1. The van der Waals surface area contributed by atoms with Crippen molar-refractivity contribution in [3.63, 3.8) is 0 Å². The van der Waals surface area contributed by atoms with Crippen molar-refractivity contribution < 1.29 is 14.3 Å². The van der Waals surface area contributed by atoms with E-state index in [4.69, 9.17) is 10.00 Å². The molecule has 0 saturated heterocycles. The summed E-state index contributed by atoms with van der Waals surface area (Å²) < 4.78 is 4.91. The van der Waals surface area contributed by atoms with E-state index in [0.29, 0.717) is 11.6 Å². The molecular formula is C13H19N3O3S. The van der Waals surface area contributed by atoms with Crippen molar-refractivity contribution >= 4 is 23.6 Å². The summed E-state index contributed by atoms with van der Waals surface area (Å²) in [4.78, 5) is 22.8. The monoisotopic (exact) mass is 297 g/mol. The van der Waals surface area contributed by atoms with Gasteiger partial charge in [-0.05, 0) is 27.7 Å². The van der Waals surface area contributed by atoms with Gasteiger partial charge in [-0.1, -0.05) is 11.8 Å². The third kappa shape index (κ3) is 4.17. The lowest BCUT2D eigenvalue weighted by Gasteiger charge is -2.34. The summed E-state index contributed by atoms with van der Waals surface area (Å²) in [6.45, 7) is 7.59. The normalized spacial score (nSPS) is 22.3. The van der Waals surface area contributed by atoms with Crippen LogP contribution in [-0.2, 0) is 14.3 Å². The Morgan fingerprint density at radius 3 is 2.75 bits per heavy atom. The molecule has 0 fully saturated rings. The molecule has 0 radical (unpaired) electrons. The minimum absolute atomic E-state index is 0.0409. The highest BCUT2D eigenvalue weighted by atomic mass is 32.2. The number of nitrogens with zero attached hydrogens (tertiary/aromatic N) is 1. The quantitative estimate of drug-likeness (QED) is 0.742. The van der Waals surface area contributed by atoms with Crippen LogP contribution in [0.1, 0.15) is 34.1 Å². The first-order valence-electron chi connectivity index (χ1n) is 6.39. The fraction of sp³-hybridized carbons (Fsp3) is 0.615. The summed E-state index contributed by atoms with van der Waals surface area (Å²) in [7, 11) is 0. The summed E-state index contributed by atoms with van der Waals surface area (Å²) >= 11 is 1.27. The first-order valence-corrected chi connectivity index (χ1v) is 7.21. The first-order chi connectivity index (χ1) is 9.31. The number of nitriles is 1. The summed E-state index contributed by atoms with van der Waals surface area (Å²) in [6, 6.07) is 1.98. The number of hydrogen-bond acceptors (Lipinski definition) is 6. The van der Waals surface area contributed by atoms with Crippen LogP contribution in [0.15, 0.2) is 10.6 Å². The zero-order valence-electron chi connectivity index (χ0n) is 12.1. The molecule has 0 saturated carbocycles. The molecule has 1 heterocycles. The molecule has 0 aliphatic carbocycles. The van der Waals surface area contributed by atoms with Gasteiger partial charge in [-0.3, -0.25) is 9.59 Å². The molecule has 110 valence electrons. The minimum atomic E-state index is -0.819. The van der Waals surface area contributed by atoms with Crippen molar-refractivity contribution in [3.05, 3.63) is 10.6 Å². The van der Waals surface area contributed by atoms with Crippen LogP contribution in [0, 0.1) is 11.3 Å². The Morgan fingerprint density at radius 2 is 2.25 bits per heavy atom. The van der Waals surface area contributed by atoms with Gasteiger partial charge in [0.2, 0.25) is 0 Å². The third-order valence-corrected chi connectivity index (χ3v) is 3.70. The molecule has 0 aromatic rings. The molecule has 0 aromatic heterocycles. The van der Waals surface area contributed by atoms with E-state index in [2.05, 4.69) is 10.6 Å².